The Hall–Kier alpha value is -3.11. The number of fused-ring (bicyclic) bond motifs is 1. The van der Waals surface area contributed by atoms with Crippen LogP contribution in [0, 0.1) is 27.7 Å². The number of carbonyl (C=O) groups excluding carboxylic acids is 1. The summed E-state index contributed by atoms with van der Waals surface area (Å²) in [6, 6.07) is 19.2. The van der Waals surface area contributed by atoms with E-state index in [0.717, 1.165) is 25.1 Å². The van der Waals surface area contributed by atoms with E-state index in [1.54, 1.807) is 0 Å². The molecule has 0 bridgehead atoms. The third kappa shape index (κ3) is 5.59. The van der Waals surface area contributed by atoms with Gasteiger partial charge in [0.2, 0.25) is 5.91 Å². The molecular formula is C31H39N3O. The number of anilines is 1. The Morgan fingerprint density at radius 1 is 0.971 bits per heavy atom. The first kappa shape index (κ1) is 25.0. The van der Waals surface area contributed by atoms with Crippen LogP contribution < -0.4 is 11.1 Å². The SMILES string of the molecule is CCN(C(=O)C(N)Cc1c(C)cc(C)cc1C)C1CCNc2ccc(Cc3ccc(C)cc3)cc21. The van der Waals surface area contributed by atoms with Gasteiger partial charge in [-0.15, -0.1) is 0 Å². The molecule has 4 nitrogen and oxygen atoms in total. The molecule has 0 saturated heterocycles. The first-order valence-corrected chi connectivity index (χ1v) is 12.8. The Balaban J connectivity index is 1.56. The normalized spacial score (nSPS) is 15.8. The van der Waals surface area contributed by atoms with E-state index < -0.39 is 6.04 Å². The summed E-state index contributed by atoms with van der Waals surface area (Å²) in [5, 5.41) is 3.53. The van der Waals surface area contributed by atoms with Crippen LogP contribution in [-0.4, -0.2) is 29.9 Å². The lowest BCUT2D eigenvalue weighted by atomic mass is 9.91. The molecule has 184 valence electrons. The zero-order valence-corrected chi connectivity index (χ0v) is 21.8. The minimum atomic E-state index is -0.552. The molecule has 0 fully saturated rings. The molecule has 0 saturated carbocycles. The first-order chi connectivity index (χ1) is 16.8. The van der Waals surface area contributed by atoms with E-state index in [-0.39, 0.29) is 11.9 Å². The van der Waals surface area contributed by atoms with Gasteiger partial charge < -0.3 is 16.0 Å². The maximum Gasteiger partial charge on any atom is 0.240 e. The second-order valence-corrected chi connectivity index (χ2v) is 10.1. The highest BCUT2D eigenvalue weighted by atomic mass is 16.2. The number of hydrogen-bond donors (Lipinski definition) is 2. The van der Waals surface area contributed by atoms with Crippen molar-refractivity contribution >= 4 is 11.6 Å². The smallest absolute Gasteiger partial charge is 0.240 e. The second kappa shape index (κ2) is 10.7. The molecule has 0 aliphatic carbocycles. The van der Waals surface area contributed by atoms with Gasteiger partial charge in [0.15, 0.2) is 0 Å². The van der Waals surface area contributed by atoms with E-state index in [1.807, 2.05) is 4.90 Å². The third-order valence-electron chi connectivity index (χ3n) is 7.32. The van der Waals surface area contributed by atoms with Crippen molar-refractivity contribution < 1.29 is 4.79 Å². The van der Waals surface area contributed by atoms with Crippen LogP contribution in [0.1, 0.15) is 63.9 Å². The molecule has 1 aliphatic heterocycles. The predicted molar refractivity (Wildman–Crippen MR) is 146 cm³/mol. The maximum absolute atomic E-state index is 13.7. The lowest BCUT2D eigenvalue weighted by Gasteiger charge is -2.37. The molecule has 1 aliphatic rings. The summed E-state index contributed by atoms with van der Waals surface area (Å²) >= 11 is 0. The number of nitrogens with one attached hydrogen (secondary N) is 1. The molecule has 2 unspecified atom stereocenters. The summed E-state index contributed by atoms with van der Waals surface area (Å²) < 4.78 is 0. The monoisotopic (exact) mass is 469 g/mol. The van der Waals surface area contributed by atoms with Gasteiger partial charge in [0.25, 0.3) is 0 Å². The van der Waals surface area contributed by atoms with Gasteiger partial charge in [-0.3, -0.25) is 4.79 Å². The summed E-state index contributed by atoms with van der Waals surface area (Å²) in [5.74, 6) is 0.0358. The van der Waals surface area contributed by atoms with Crippen molar-refractivity contribution in [2.24, 2.45) is 5.73 Å². The zero-order valence-electron chi connectivity index (χ0n) is 21.8. The van der Waals surface area contributed by atoms with Gasteiger partial charge in [0.05, 0.1) is 12.1 Å². The molecule has 3 N–H and O–H groups in total. The molecular weight excluding hydrogens is 430 g/mol. The van der Waals surface area contributed by atoms with Crippen LogP contribution in [-0.2, 0) is 17.6 Å². The number of hydrogen-bond acceptors (Lipinski definition) is 3. The van der Waals surface area contributed by atoms with Crippen molar-refractivity contribution in [1.29, 1.82) is 0 Å². The Labute approximate surface area is 210 Å². The lowest BCUT2D eigenvalue weighted by molar-refractivity contribution is -0.135. The molecule has 4 rings (SSSR count). The van der Waals surface area contributed by atoms with Crippen molar-refractivity contribution in [1.82, 2.24) is 4.90 Å². The Morgan fingerprint density at radius 2 is 1.63 bits per heavy atom. The van der Waals surface area contributed by atoms with Gasteiger partial charge >= 0.3 is 0 Å². The maximum atomic E-state index is 13.7. The fourth-order valence-corrected chi connectivity index (χ4v) is 5.51. The van der Waals surface area contributed by atoms with Crippen LogP contribution in [0.4, 0.5) is 5.69 Å². The molecule has 35 heavy (non-hydrogen) atoms. The van der Waals surface area contributed by atoms with Gasteiger partial charge in [-0.05, 0) is 93.3 Å². The van der Waals surface area contributed by atoms with Crippen LogP contribution in [0.3, 0.4) is 0 Å². The molecule has 0 spiro atoms. The molecule has 0 radical (unpaired) electrons. The van der Waals surface area contributed by atoms with Gasteiger partial charge in [-0.2, -0.15) is 0 Å². The summed E-state index contributed by atoms with van der Waals surface area (Å²) in [7, 11) is 0. The highest BCUT2D eigenvalue weighted by molar-refractivity contribution is 5.83. The number of amides is 1. The van der Waals surface area contributed by atoms with E-state index in [4.69, 9.17) is 5.73 Å². The lowest BCUT2D eigenvalue weighted by Crippen LogP contribution is -2.47. The predicted octanol–water partition coefficient (Wildman–Crippen LogP) is 5.79. The minimum absolute atomic E-state index is 0.0352. The average Bonchev–Trinajstić information content (AvgIpc) is 2.83. The van der Waals surface area contributed by atoms with Crippen molar-refractivity contribution in [3.05, 3.63) is 99.1 Å². The standard InChI is InChI=1S/C31H39N3O/c1-6-34(31(35)28(32)19-26-22(4)15-21(3)16-23(26)5)30-13-14-33-29-12-11-25(18-27(29)30)17-24-9-7-20(2)8-10-24/h7-12,15-16,18,28,30,33H,6,13-14,17,19,32H2,1-5H3. The third-order valence-corrected chi connectivity index (χ3v) is 7.32. The summed E-state index contributed by atoms with van der Waals surface area (Å²) in [6.45, 7) is 12.0. The summed E-state index contributed by atoms with van der Waals surface area (Å²) in [6.07, 6.45) is 2.33. The highest BCUT2D eigenvalue weighted by Gasteiger charge is 2.31. The van der Waals surface area contributed by atoms with Crippen LogP contribution in [0.15, 0.2) is 54.6 Å². The van der Waals surface area contributed by atoms with Crippen LogP contribution in [0.2, 0.25) is 0 Å². The zero-order chi connectivity index (χ0) is 25.1. The number of likely N-dealkylation sites (N-methyl/N-ethyl adjacent to an activating group) is 1. The number of carbonyl (C=O) groups is 1. The van der Waals surface area contributed by atoms with Gasteiger partial charge in [0.1, 0.15) is 0 Å². The first-order valence-electron chi connectivity index (χ1n) is 12.8. The van der Waals surface area contributed by atoms with Gasteiger partial charge in [-0.1, -0.05) is 59.7 Å². The van der Waals surface area contributed by atoms with E-state index >= 15 is 0 Å². The fraction of sp³-hybridized carbons (Fsp3) is 0.387. The van der Waals surface area contributed by atoms with Gasteiger partial charge in [0, 0.05) is 18.8 Å². The van der Waals surface area contributed by atoms with E-state index in [2.05, 4.69) is 94.5 Å². The molecule has 0 aromatic heterocycles. The molecule has 1 amide bonds. The highest BCUT2D eigenvalue weighted by Crippen LogP contribution is 2.36. The number of benzene rings is 3. The Morgan fingerprint density at radius 3 is 2.29 bits per heavy atom. The Kier molecular flexibility index (Phi) is 7.61. The van der Waals surface area contributed by atoms with E-state index in [0.29, 0.717) is 13.0 Å². The molecule has 1 heterocycles. The minimum Gasteiger partial charge on any atom is -0.385 e. The molecule has 3 aromatic rings. The molecule has 3 aromatic carbocycles. The van der Waals surface area contributed by atoms with Crippen LogP contribution in [0.5, 0.6) is 0 Å². The largest absolute Gasteiger partial charge is 0.385 e. The number of nitrogens with two attached hydrogens (primary N) is 1. The number of nitrogens with zero attached hydrogens (tertiary/aromatic N) is 1. The van der Waals surface area contributed by atoms with E-state index in [1.165, 1.54) is 44.5 Å². The topological polar surface area (TPSA) is 58.4 Å². The van der Waals surface area contributed by atoms with E-state index in [9.17, 15) is 4.79 Å². The quantitative estimate of drug-likeness (QED) is 0.461. The summed E-state index contributed by atoms with van der Waals surface area (Å²) in [5.41, 5.74) is 17.6. The average molecular weight is 470 g/mol. The molecule has 4 heteroatoms. The number of rotatable bonds is 7. The van der Waals surface area contributed by atoms with Crippen molar-refractivity contribution in [2.45, 2.75) is 66.0 Å². The van der Waals surface area contributed by atoms with Crippen LogP contribution >= 0.6 is 0 Å². The van der Waals surface area contributed by atoms with Gasteiger partial charge in [-0.25, -0.2) is 0 Å². The Bertz CT molecular complexity index is 1180. The fourth-order valence-electron chi connectivity index (χ4n) is 5.51. The van der Waals surface area contributed by atoms with Crippen LogP contribution in [0.25, 0.3) is 0 Å². The van der Waals surface area contributed by atoms with Crippen molar-refractivity contribution in [3.8, 4) is 0 Å². The second-order valence-electron chi connectivity index (χ2n) is 10.1. The molecule has 2 atom stereocenters. The van der Waals surface area contributed by atoms with Crippen molar-refractivity contribution in [3.63, 3.8) is 0 Å². The van der Waals surface area contributed by atoms with Crippen molar-refractivity contribution in [2.75, 3.05) is 18.4 Å². The summed E-state index contributed by atoms with van der Waals surface area (Å²) in [4.78, 5) is 15.7. The number of aryl methyl sites for hydroxylation is 4.